The number of rotatable bonds is 9. The number of carbonyl (C=O) groups is 1. The zero-order chi connectivity index (χ0) is 20.6. The van der Waals surface area contributed by atoms with E-state index in [4.69, 9.17) is 4.74 Å². The van der Waals surface area contributed by atoms with Gasteiger partial charge in [-0.1, -0.05) is 48.5 Å². The molecule has 4 nitrogen and oxygen atoms in total. The molecule has 1 heterocycles. The molecule has 4 heteroatoms. The lowest BCUT2D eigenvalue weighted by atomic mass is 9.84. The third kappa shape index (κ3) is 5.91. The van der Waals surface area contributed by atoms with E-state index in [0.717, 1.165) is 32.4 Å². The van der Waals surface area contributed by atoms with Crippen LogP contribution in [0.3, 0.4) is 0 Å². The van der Waals surface area contributed by atoms with Crippen LogP contribution in [0.4, 0.5) is 0 Å². The summed E-state index contributed by atoms with van der Waals surface area (Å²) in [7, 11) is 0. The average molecular weight is 396 g/mol. The highest BCUT2D eigenvalue weighted by molar-refractivity contribution is 5.70. The van der Waals surface area contributed by atoms with Crippen LogP contribution in [0.5, 0.6) is 0 Å². The fourth-order valence-electron chi connectivity index (χ4n) is 4.39. The Labute approximate surface area is 174 Å². The summed E-state index contributed by atoms with van der Waals surface area (Å²) < 4.78 is 6.00. The van der Waals surface area contributed by atoms with Crippen LogP contribution in [0.15, 0.2) is 48.5 Å². The molecule has 1 aliphatic heterocycles. The van der Waals surface area contributed by atoms with Crippen molar-refractivity contribution in [1.29, 1.82) is 0 Å². The van der Waals surface area contributed by atoms with Crippen LogP contribution in [-0.4, -0.2) is 48.8 Å². The average Bonchev–Trinajstić information content (AvgIpc) is 2.72. The number of nitrogens with zero attached hydrogens (tertiary/aromatic N) is 1. The minimum atomic E-state index is -0.671. The molecule has 0 saturated carbocycles. The third-order valence-electron chi connectivity index (χ3n) is 6.09. The van der Waals surface area contributed by atoms with Crippen molar-refractivity contribution in [3.8, 4) is 0 Å². The summed E-state index contributed by atoms with van der Waals surface area (Å²) in [5.41, 5.74) is 5.36. The van der Waals surface area contributed by atoms with Gasteiger partial charge in [0.15, 0.2) is 0 Å². The van der Waals surface area contributed by atoms with Crippen LogP contribution in [0.1, 0.15) is 47.4 Å². The molecule has 0 aromatic heterocycles. The van der Waals surface area contributed by atoms with Gasteiger partial charge in [0.2, 0.25) is 0 Å². The van der Waals surface area contributed by atoms with Gasteiger partial charge in [-0.15, -0.1) is 0 Å². The molecular formula is C25H33NO3. The van der Waals surface area contributed by atoms with Crippen molar-refractivity contribution in [3.63, 3.8) is 0 Å². The number of carboxylic acids is 1. The van der Waals surface area contributed by atoms with Crippen molar-refractivity contribution in [1.82, 2.24) is 4.90 Å². The number of aryl methyl sites for hydroxylation is 2. The standard InChI is InChI=1S/C25H33NO3/c1-19-8-3-5-11-22(19)24(23-12-6-4-9-20(23)2)13-16-29-17-15-26-14-7-10-21(18-26)25(27)28/h3-6,8-9,11-12,21,24H,7,10,13-18H2,1-2H3,(H,27,28)/t21-/m1/s1. The van der Waals surface area contributed by atoms with Crippen molar-refractivity contribution < 1.29 is 14.6 Å². The van der Waals surface area contributed by atoms with E-state index in [1.54, 1.807) is 0 Å². The molecule has 0 amide bonds. The minimum absolute atomic E-state index is 0.227. The number of carboxylic acid groups (broad SMARTS) is 1. The Bertz CT molecular complexity index is 759. The Balaban J connectivity index is 1.55. The first kappa shape index (κ1) is 21.5. The van der Waals surface area contributed by atoms with Gasteiger partial charge in [0, 0.05) is 25.6 Å². The van der Waals surface area contributed by atoms with Gasteiger partial charge in [0.1, 0.15) is 0 Å². The predicted octanol–water partition coefficient (Wildman–Crippen LogP) is 4.64. The van der Waals surface area contributed by atoms with Crippen LogP contribution in [0.2, 0.25) is 0 Å². The third-order valence-corrected chi connectivity index (χ3v) is 6.09. The van der Waals surface area contributed by atoms with Crippen LogP contribution >= 0.6 is 0 Å². The number of piperidine rings is 1. The number of aliphatic carboxylic acids is 1. The van der Waals surface area contributed by atoms with E-state index in [1.807, 2.05) is 0 Å². The number of ether oxygens (including phenoxy) is 1. The summed E-state index contributed by atoms with van der Waals surface area (Å²) in [6.07, 6.45) is 2.69. The summed E-state index contributed by atoms with van der Waals surface area (Å²) in [5.74, 6) is -0.575. The minimum Gasteiger partial charge on any atom is -0.481 e. The van der Waals surface area contributed by atoms with Gasteiger partial charge >= 0.3 is 5.97 Å². The van der Waals surface area contributed by atoms with E-state index in [1.165, 1.54) is 22.3 Å². The van der Waals surface area contributed by atoms with E-state index in [-0.39, 0.29) is 5.92 Å². The van der Waals surface area contributed by atoms with Crippen molar-refractivity contribution in [2.45, 2.75) is 39.0 Å². The van der Waals surface area contributed by atoms with Crippen molar-refractivity contribution in [2.75, 3.05) is 32.8 Å². The Morgan fingerprint density at radius 3 is 2.28 bits per heavy atom. The van der Waals surface area contributed by atoms with Gasteiger partial charge in [0.05, 0.1) is 12.5 Å². The topological polar surface area (TPSA) is 49.8 Å². The van der Waals surface area contributed by atoms with Gasteiger partial charge in [0.25, 0.3) is 0 Å². The highest BCUT2D eigenvalue weighted by Gasteiger charge is 2.25. The first-order valence-corrected chi connectivity index (χ1v) is 10.7. The maximum absolute atomic E-state index is 11.2. The van der Waals surface area contributed by atoms with Crippen molar-refractivity contribution in [2.24, 2.45) is 5.92 Å². The molecule has 0 spiro atoms. The van der Waals surface area contributed by atoms with Gasteiger partial charge in [-0.25, -0.2) is 0 Å². The molecule has 29 heavy (non-hydrogen) atoms. The quantitative estimate of drug-likeness (QED) is 0.629. The zero-order valence-corrected chi connectivity index (χ0v) is 17.6. The summed E-state index contributed by atoms with van der Waals surface area (Å²) in [6.45, 7) is 8.14. The van der Waals surface area contributed by atoms with Crippen molar-refractivity contribution in [3.05, 3.63) is 70.8 Å². The maximum Gasteiger partial charge on any atom is 0.307 e. The number of likely N-dealkylation sites (tertiary alicyclic amines) is 1. The molecular weight excluding hydrogens is 362 g/mol. The molecule has 156 valence electrons. The van der Waals surface area contributed by atoms with Gasteiger partial charge in [-0.05, 0) is 61.9 Å². The van der Waals surface area contributed by atoms with Gasteiger partial charge < -0.3 is 14.7 Å². The Morgan fingerprint density at radius 2 is 1.69 bits per heavy atom. The van der Waals surface area contributed by atoms with Crippen molar-refractivity contribution >= 4 is 5.97 Å². The Morgan fingerprint density at radius 1 is 1.07 bits per heavy atom. The highest BCUT2D eigenvalue weighted by Crippen LogP contribution is 2.32. The molecule has 1 saturated heterocycles. The van der Waals surface area contributed by atoms with Crippen LogP contribution in [-0.2, 0) is 9.53 Å². The van der Waals surface area contributed by atoms with Crippen LogP contribution in [0, 0.1) is 19.8 Å². The van der Waals surface area contributed by atoms with Crippen LogP contribution in [0.25, 0.3) is 0 Å². The summed E-state index contributed by atoms with van der Waals surface area (Å²) >= 11 is 0. The lowest BCUT2D eigenvalue weighted by Gasteiger charge is -2.30. The number of hydrogen-bond donors (Lipinski definition) is 1. The second-order valence-corrected chi connectivity index (χ2v) is 8.14. The molecule has 2 aromatic rings. The molecule has 3 rings (SSSR count). The Kier molecular flexibility index (Phi) is 7.84. The monoisotopic (exact) mass is 395 g/mol. The summed E-state index contributed by atoms with van der Waals surface area (Å²) in [5, 5.41) is 9.23. The molecule has 1 atom stereocenters. The molecule has 0 bridgehead atoms. The predicted molar refractivity (Wildman–Crippen MR) is 116 cm³/mol. The second kappa shape index (κ2) is 10.6. The highest BCUT2D eigenvalue weighted by atomic mass is 16.5. The van der Waals surface area contributed by atoms with E-state index in [2.05, 4.69) is 67.3 Å². The molecule has 1 fully saturated rings. The normalized spacial score (nSPS) is 17.6. The molecule has 0 radical (unpaired) electrons. The van der Waals surface area contributed by atoms with E-state index < -0.39 is 5.97 Å². The Hall–Kier alpha value is -2.17. The first-order valence-electron chi connectivity index (χ1n) is 10.7. The lowest BCUT2D eigenvalue weighted by molar-refractivity contribution is -0.143. The fourth-order valence-corrected chi connectivity index (χ4v) is 4.39. The lowest BCUT2D eigenvalue weighted by Crippen LogP contribution is -2.40. The number of benzene rings is 2. The van der Waals surface area contributed by atoms with Crippen LogP contribution < -0.4 is 0 Å². The molecule has 2 aromatic carbocycles. The smallest absolute Gasteiger partial charge is 0.307 e. The molecule has 1 aliphatic rings. The molecule has 0 aliphatic carbocycles. The summed E-state index contributed by atoms with van der Waals surface area (Å²) in [6, 6.07) is 17.2. The molecule has 1 N–H and O–H groups in total. The SMILES string of the molecule is Cc1ccccc1C(CCOCCN1CCC[C@@H](C(=O)O)C1)c1ccccc1C. The molecule has 0 unspecified atom stereocenters. The van der Waals surface area contributed by atoms with E-state index in [0.29, 0.717) is 25.7 Å². The van der Waals surface area contributed by atoms with Gasteiger partial charge in [-0.2, -0.15) is 0 Å². The zero-order valence-electron chi connectivity index (χ0n) is 17.6. The van der Waals surface area contributed by atoms with E-state index in [9.17, 15) is 9.90 Å². The summed E-state index contributed by atoms with van der Waals surface area (Å²) in [4.78, 5) is 13.4. The second-order valence-electron chi connectivity index (χ2n) is 8.14. The first-order chi connectivity index (χ1) is 14.1. The number of hydrogen-bond acceptors (Lipinski definition) is 3. The largest absolute Gasteiger partial charge is 0.481 e. The van der Waals surface area contributed by atoms with E-state index >= 15 is 0 Å². The van der Waals surface area contributed by atoms with Gasteiger partial charge in [-0.3, -0.25) is 4.79 Å². The maximum atomic E-state index is 11.2. The fraction of sp³-hybridized carbons (Fsp3) is 0.480.